The van der Waals surface area contributed by atoms with E-state index >= 15 is 0 Å². The Hall–Kier alpha value is -1.69. The van der Waals surface area contributed by atoms with Gasteiger partial charge in [0.25, 0.3) is 0 Å². The van der Waals surface area contributed by atoms with Crippen molar-refractivity contribution >= 4 is 5.69 Å². The largest absolute Gasteiger partial charge is 0.508 e. The number of hydrogen-bond donors (Lipinski definition) is 2. The van der Waals surface area contributed by atoms with E-state index in [1.54, 1.807) is 6.07 Å². The second kappa shape index (κ2) is 4.05. The summed E-state index contributed by atoms with van der Waals surface area (Å²) in [5.41, 5.74) is 1.47. The number of nitriles is 1. The number of phenolic OH excluding ortho intramolecular Hbond substituents is 1. The molecule has 1 saturated carbocycles. The molecule has 84 valence electrons. The number of benzene rings is 1. The molecule has 0 bridgehead atoms. The summed E-state index contributed by atoms with van der Waals surface area (Å²) in [6, 6.07) is 7.78. The molecule has 1 aliphatic rings. The highest BCUT2D eigenvalue weighted by molar-refractivity contribution is 5.54. The van der Waals surface area contributed by atoms with Crippen molar-refractivity contribution in [3.8, 4) is 11.8 Å². The van der Waals surface area contributed by atoms with Crippen molar-refractivity contribution in [1.29, 1.82) is 5.26 Å². The highest BCUT2D eigenvalue weighted by Gasteiger charge is 2.36. The summed E-state index contributed by atoms with van der Waals surface area (Å²) in [6.45, 7) is 2.00. The van der Waals surface area contributed by atoms with Crippen LogP contribution in [-0.2, 0) is 6.42 Å². The van der Waals surface area contributed by atoms with Crippen molar-refractivity contribution < 1.29 is 5.11 Å². The first kappa shape index (κ1) is 10.8. The van der Waals surface area contributed by atoms with Crippen molar-refractivity contribution in [3.05, 3.63) is 23.8 Å². The van der Waals surface area contributed by atoms with E-state index in [0.29, 0.717) is 5.75 Å². The fourth-order valence-corrected chi connectivity index (χ4v) is 2.02. The molecule has 3 heteroatoms. The van der Waals surface area contributed by atoms with Crippen LogP contribution < -0.4 is 5.32 Å². The Labute approximate surface area is 95.7 Å². The minimum Gasteiger partial charge on any atom is -0.508 e. The zero-order valence-corrected chi connectivity index (χ0v) is 9.45. The molecule has 16 heavy (non-hydrogen) atoms. The molecule has 0 saturated heterocycles. The van der Waals surface area contributed by atoms with Crippen molar-refractivity contribution in [2.75, 3.05) is 5.32 Å². The predicted octanol–water partition coefficient (Wildman–Crippen LogP) is 2.81. The molecule has 1 fully saturated rings. The summed E-state index contributed by atoms with van der Waals surface area (Å²) in [6.07, 6.45) is 3.72. The maximum Gasteiger partial charge on any atom is 0.125 e. The number of phenols is 1. The topological polar surface area (TPSA) is 56.0 Å². The van der Waals surface area contributed by atoms with Crippen LogP contribution in [-0.4, -0.2) is 10.6 Å². The second-order valence-electron chi connectivity index (χ2n) is 4.37. The Balaban J connectivity index is 2.19. The average molecular weight is 216 g/mol. The van der Waals surface area contributed by atoms with E-state index in [4.69, 9.17) is 5.26 Å². The summed E-state index contributed by atoms with van der Waals surface area (Å²) in [7, 11) is 0. The van der Waals surface area contributed by atoms with Crippen LogP contribution in [0, 0.1) is 11.3 Å². The molecular formula is C13H16N2O. The fraction of sp³-hybridized carbons (Fsp3) is 0.462. The molecule has 0 aliphatic heterocycles. The Morgan fingerprint density at radius 3 is 2.75 bits per heavy atom. The van der Waals surface area contributed by atoms with Crippen LogP contribution in [0.1, 0.15) is 31.7 Å². The molecule has 0 amide bonds. The molecule has 0 unspecified atom stereocenters. The smallest absolute Gasteiger partial charge is 0.125 e. The summed E-state index contributed by atoms with van der Waals surface area (Å²) < 4.78 is 0. The van der Waals surface area contributed by atoms with Gasteiger partial charge in [0.2, 0.25) is 0 Å². The van der Waals surface area contributed by atoms with Gasteiger partial charge in [-0.2, -0.15) is 5.26 Å². The van der Waals surface area contributed by atoms with Crippen molar-refractivity contribution in [1.82, 2.24) is 0 Å². The SMILES string of the molecule is CCc1cc(NC2(C#N)CCC2)ccc1O. The van der Waals surface area contributed by atoms with Gasteiger partial charge in [-0.3, -0.25) is 0 Å². The van der Waals surface area contributed by atoms with Gasteiger partial charge in [0.15, 0.2) is 0 Å². The third-order valence-electron chi connectivity index (χ3n) is 3.27. The Kier molecular flexibility index (Phi) is 2.74. The molecule has 0 radical (unpaired) electrons. The first-order chi connectivity index (χ1) is 7.69. The first-order valence-electron chi connectivity index (χ1n) is 5.70. The lowest BCUT2D eigenvalue weighted by Crippen LogP contribution is -2.43. The van der Waals surface area contributed by atoms with Crippen molar-refractivity contribution in [2.24, 2.45) is 0 Å². The number of nitrogens with zero attached hydrogens (tertiary/aromatic N) is 1. The van der Waals surface area contributed by atoms with Gasteiger partial charge in [-0.15, -0.1) is 0 Å². The first-order valence-corrected chi connectivity index (χ1v) is 5.70. The molecule has 1 aromatic carbocycles. The van der Waals surface area contributed by atoms with Crippen LogP contribution in [0.4, 0.5) is 5.69 Å². The Morgan fingerprint density at radius 2 is 2.25 bits per heavy atom. The molecule has 2 N–H and O–H groups in total. The van der Waals surface area contributed by atoms with E-state index in [2.05, 4.69) is 11.4 Å². The van der Waals surface area contributed by atoms with Gasteiger partial charge >= 0.3 is 0 Å². The summed E-state index contributed by atoms with van der Waals surface area (Å²) in [4.78, 5) is 0. The van der Waals surface area contributed by atoms with Gasteiger partial charge < -0.3 is 10.4 Å². The molecule has 1 aliphatic carbocycles. The van der Waals surface area contributed by atoms with E-state index in [9.17, 15) is 5.11 Å². The minimum atomic E-state index is -0.373. The van der Waals surface area contributed by atoms with Crippen LogP contribution in [0.2, 0.25) is 0 Å². The molecule has 0 atom stereocenters. The fourth-order valence-electron chi connectivity index (χ4n) is 2.02. The van der Waals surface area contributed by atoms with Crippen LogP contribution in [0.25, 0.3) is 0 Å². The highest BCUT2D eigenvalue weighted by Crippen LogP contribution is 2.35. The Morgan fingerprint density at radius 1 is 1.50 bits per heavy atom. The van der Waals surface area contributed by atoms with Crippen molar-refractivity contribution in [2.45, 2.75) is 38.1 Å². The third-order valence-corrected chi connectivity index (χ3v) is 3.27. The zero-order chi connectivity index (χ0) is 11.6. The van der Waals surface area contributed by atoms with Gasteiger partial charge in [0.05, 0.1) is 6.07 Å². The standard InChI is InChI=1S/C13H16N2O/c1-2-10-8-11(4-5-12(10)16)15-13(9-14)6-3-7-13/h4-5,8,15-16H,2-3,6-7H2,1H3. The summed E-state index contributed by atoms with van der Waals surface area (Å²) >= 11 is 0. The number of rotatable bonds is 3. The molecule has 1 aromatic rings. The monoisotopic (exact) mass is 216 g/mol. The Bertz CT molecular complexity index is 430. The zero-order valence-electron chi connectivity index (χ0n) is 9.45. The van der Waals surface area contributed by atoms with E-state index in [1.165, 1.54) is 0 Å². The lowest BCUT2D eigenvalue weighted by Gasteiger charge is -2.36. The summed E-state index contributed by atoms with van der Waals surface area (Å²) in [5.74, 6) is 0.327. The second-order valence-corrected chi connectivity index (χ2v) is 4.37. The number of aromatic hydroxyl groups is 1. The van der Waals surface area contributed by atoms with Crippen LogP contribution in [0.15, 0.2) is 18.2 Å². The lowest BCUT2D eigenvalue weighted by molar-refractivity contribution is 0.356. The lowest BCUT2D eigenvalue weighted by atomic mass is 9.78. The van der Waals surface area contributed by atoms with E-state index in [0.717, 1.165) is 36.9 Å². The average Bonchev–Trinajstić information content (AvgIpc) is 2.25. The van der Waals surface area contributed by atoms with Crippen LogP contribution in [0.5, 0.6) is 5.75 Å². The number of anilines is 1. The van der Waals surface area contributed by atoms with Crippen molar-refractivity contribution in [3.63, 3.8) is 0 Å². The van der Waals surface area contributed by atoms with Crippen LogP contribution >= 0.6 is 0 Å². The summed E-state index contributed by atoms with van der Waals surface area (Å²) in [5, 5.41) is 22.0. The van der Waals surface area contributed by atoms with Crippen LogP contribution in [0.3, 0.4) is 0 Å². The maximum absolute atomic E-state index is 9.57. The van der Waals surface area contributed by atoms with Gasteiger partial charge in [-0.1, -0.05) is 6.92 Å². The molecule has 0 heterocycles. The number of nitrogens with one attached hydrogen (secondary N) is 1. The van der Waals surface area contributed by atoms with E-state index in [-0.39, 0.29) is 5.54 Å². The van der Waals surface area contributed by atoms with E-state index in [1.807, 2.05) is 19.1 Å². The molecule has 0 spiro atoms. The van der Waals surface area contributed by atoms with Gasteiger partial charge in [0, 0.05) is 5.69 Å². The third kappa shape index (κ3) is 1.83. The van der Waals surface area contributed by atoms with E-state index < -0.39 is 0 Å². The van der Waals surface area contributed by atoms with Gasteiger partial charge in [-0.05, 0) is 49.4 Å². The molecule has 2 rings (SSSR count). The molecular weight excluding hydrogens is 200 g/mol. The number of hydrogen-bond acceptors (Lipinski definition) is 3. The van der Waals surface area contributed by atoms with Gasteiger partial charge in [-0.25, -0.2) is 0 Å². The van der Waals surface area contributed by atoms with Gasteiger partial charge in [0.1, 0.15) is 11.3 Å². The normalized spacial score (nSPS) is 17.2. The molecule has 0 aromatic heterocycles. The predicted molar refractivity (Wildman–Crippen MR) is 63.3 cm³/mol. The quantitative estimate of drug-likeness (QED) is 0.764. The number of aryl methyl sites for hydroxylation is 1. The molecule has 3 nitrogen and oxygen atoms in total. The minimum absolute atomic E-state index is 0.327. The highest BCUT2D eigenvalue weighted by atomic mass is 16.3. The maximum atomic E-state index is 9.57.